The zero-order valence-electron chi connectivity index (χ0n) is 11.9. The summed E-state index contributed by atoms with van der Waals surface area (Å²) in [7, 11) is 1.47. The first kappa shape index (κ1) is 16.7. The van der Waals surface area contributed by atoms with E-state index in [2.05, 4.69) is 5.32 Å². The zero-order chi connectivity index (χ0) is 15.8. The Balaban J connectivity index is 2.98. The summed E-state index contributed by atoms with van der Waals surface area (Å²) in [6.45, 7) is 1.10. The molecule has 0 saturated heterocycles. The number of nitrogens with one attached hydrogen (secondary N) is 1. The number of carboxylic acids is 1. The van der Waals surface area contributed by atoms with Crippen molar-refractivity contribution in [3.05, 3.63) is 23.8 Å². The first-order valence-electron chi connectivity index (χ1n) is 6.44. The van der Waals surface area contributed by atoms with E-state index in [9.17, 15) is 14.0 Å². The van der Waals surface area contributed by atoms with E-state index in [0.717, 1.165) is 6.42 Å². The van der Waals surface area contributed by atoms with Crippen molar-refractivity contribution in [3.8, 4) is 11.5 Å². The molecule has 0 aliphatic rings. The van der Waals surface area contributed by atoms with Gasteiger partial charge in [0.05, 0.1) is 19.3 Å². The molecular weight excluding hydrogens is 281 g/mol. The van der Waals surface area contributed by atoms with Gasteiger partial charge in [-0.3, -0.25) is 4.79 Å². The number of hydrogen-bond acceptors (Lipinski definition) is 4. The lowest BCUT2D eigenvalue weighted by atomic mass is 10.1. The average Bonchev–Trinajstić information content (AvgIpc) is 2.49. The van der Waals surface area contributed by atoms with Crippen LogP contribution in [0.25, 0.3) is 0 Å². The van der Waals surface area contributed by atoms with Crippen LogP contribution in [0.3, 0.4) is 0 Å². The molecule has 1 aromatic carbocycles. The van der Waals surface area contributed by atoms with Gasteiger partial charge in [0.15, 0.2) is 6.04 Å². The fourth-order valence-electron chi connectivity index (χ4n) is 1.55. The Bertz CT molecular complexity index is 506. The highest BCUT2D eigenvalue weighted by Crippen LogP contribution is 2.25. The second kappa shape index (κ2) is 8.08. The van der Waals surface area contributed by atoms with Crippen molar-refractivity contribution in [3.63, 3.8) is 0 Å². The minimum atomic E-state index is -1.58. The Morgan fingerprint density at radius 1 is 1.43 bits per heavy atom. The van der Waals surface area contributed by atoms with Crippen LogP contribution < -0.4 is 14.8 Å². The van der Waals surface area contributed by atoms with E-state index < -0.39 is 24.6 Å². The van der Waals surface area contributed by atoms with Crippen molar-refractivity contribution < 1.29 is 28.6 Å². The summed E-state index contributed by atoms with van der Waals surface area (Å²) >= 11 is 0. The third-order valence-electron chi connectivity index (χ3n) is 2.65. The second-order valence-corrected chi connectivity index (χ2v) is 4.23. The van der Waals surface area contributed by atoms with Crippen LogP contribution in [0, 0.1) is 0 Å². The van der Waals surface area contributed by atoms with Gasteiger partial charge in [-0.1, -0.05) is 6.92 Å². The van der Waals surface area contributed by atoms with Crippen molar-refractivity contribution in [1.82, 2.24) is 5.32 Å². The molecule has 2 N–H and O–H groups in total. The number of amides is 1. The maximum atomic E-state index is 12.6. The molecule has 0 aliphatic carbocycles. The summed E-state index contributed by atoms with van der Waals surface area (Å²) in [6, 6.07) is 2.92. The highest BCUT2D eigenvalue weighted by Gasteiger charge is 2.22. The van der Waals surface area contributed by atoms with Crippen molar-refractivity contribution in [2.45, 2.75) is 19.4 Å². The van der Waals surface area contributed by atoms with Crippen LogP contribution in [0.15, 0.2) is 18.2 Å². The van der Waals surface area contributed by atoms with Crippen LogP contribution in [0.5, 0.6) is 11.5 Å². The molecule has 0 spiro atoms. The third kappa shape index (κ3) is 4.62. The maximum Gasteiger partial charge on any atom is 0.328 e. The molecule has 1 atom stereocenters. The zero-order valence-corrected chi connectivity index (χ0v) is 11.9. The minimum absolute atomic E-state index is 0.129. The molecule has 0 radical (unpaired) electrons. The number of aliphatic carboxylic acids is 1. The van der Waals surface area contributed by atoms with Crippen molar-refractivity contribution >= 4 is 11.9 Å². The Kier molecular flexibility index (Phi) is 6.45. The number of hydrogen-bond donors (Lipinski definition) is 2. The molecule has 0 heterocycles. The largest absolute Gasteiger partial charge is 0.497 e. The number of alkyl halides is 1. The number of carbonyl (C=O) groups excluding carboxylic acids is 1. The standard InChI is InChI=1S/C14H18FNO5/c1-3-6-21-12-7-9(20-2)4-5-10(12)13(17)16-11(8-15)14(18)19/h4-5,7,11H,3,6,8H2,1-2H3,(H,16,17)(H,18,19). The SMILES string of the molecule is CCCOc1cc(OC)ccc1C(=O)NC(CF)C(=O)O. The number of benzene rings is 1. The van der Waals surface area contributed by atoms with E-state index in [0.29, 0.717) is 12.4 Å². The molecule has 1 unspecified atom stereocenters. The predicted molar refractivity (Wildman–Crippen MR) is 73.6 cm³/mol. The van der Waals surface area contributed by atoms with Crippen LogP contribution in [-0.4, -0.2) is 43.4 Å². The lowest BCUT2D eigenvalue weighted by Gasteiger charge is -2.15. The number of methoxy groups -OCH3 is 1. The molecule has 1 aromatic rings. The average molecular weight is 299 g/mol. The molecule has 0 bridgehead atoms. The van der Waals surface area contributed by atoms with Gasteiger partial charge in [-0.15, -0.1) is 0 Å². The van der Waals surface area contributed by atoms with Crippen molar-refractivity contribution in [2.24, 2.45) is 0 Å². The number of carboxylic acid groups (broad SMARTS) is 1. The quantitative estimate of drug-likeness (QED) is 0.762. The van der Waals surface area contributed by atoms with E-state index >= 15 is 0 Å². The second-order valence-electron chi connectivity index (χ2n) is 4.23. The van der Waals surface area contributed by atoms with Crippen LogP contribution >= 0.6 is 0 Å². The minimum Gasteiger partial charge on any atom is -0.497 e. The number of halogens is 1. The number of carbonyl (C=O) groups is 2. The molecule has 0 saturated carbocycles. The molecule has 0 fully saturated rings. The van der Waals surface area contributed by atoms with Gasteiger partial charge in [0.1, 0.15) is 18.2 Å². The third-order valence-corrected chi connectivity index (χ3v) is 2.65. The lowest BCUT2D eigenvalue weighted by Crippen LogP contribution is -2.42. The van der Waals surface area contributed by atoms with Crippen LogP contribution in [0.1, 0.15) is 23.7 Å². The fraction of sp³-hybridized carbons (Fsp3) is 0.429. The number of rotatable bonds is 8. The van der Waals surface area contributed by atoms with Gasteiger partial charge in [-0.2, -0.15) is 0 Å². The smallest absolute Gasteiger partial charge is 0.328 e. The van der Waals surface area contributed by atoms with Crippen molar-refractivity contribution in [2.75, 3.05) is 20.4 Å². The normalized spacial score (nSPS) is 11.6. The summed E-state index contributed by atoms with van der Waals surface area (Å²) in [5.74, 6) is -1.39. The van der Waals surface area contributed by atoms with E-state index in [-0.39, 0.29) is 11.3 Å². The molecule has 1 rings (SSSR count). The summed E-state index contributed by atoms with van der Waals surface area (Å²) < 4.78 is 23.0. The summed E-state index contributed by atoms with van der Waals surface area (Å²) in [5, 5.41) is 10.9. The van der Waals surface area contributed by atoms with E-state index in [1.165, 1.54) is 19.2 Å². The first-order chi connectivity index (χ1) is 10.0. The molecule has 1 amide bonds. The molecule has 7 heteroatoms. The summed E-state index contributed by atoms with van der Waals surface area (Å²) in [6.07, 6.45) is 0.737. The Hall–Kier alpha value is -2.31. The van der Waals surface area contributed by atoms with Crippen LogP contribution in [0.2, 0.25) is 0 Å². The molecule has 6 nitrogen and oxygen atoms in total. The fourth-order valence-corrected chi connectivity index (χ4v) is 1.55. The maximum absolute atomic E-state index is 12.6. The topological polar surface area (TPSA) is 84.9 Å². The lowest BCUT2D eigenvalue weighted by molar-refractivity contribution is -0.139. The van der Waals surface area contributed by atoms with Gasteiger partial charge in [0, 0.05) is 6.07 Å². The molecule has 0 aliphatic heterocycles. The highest BCUT2D eigenvalue weighted by molar-refractivity contribution is 5.99. The van der Waals surface area contributed by atoms with E-state index in [4.69, 9.17) is 14.6 Å². The summed E-state index contributed by atoms with van der Waals surface area (Å²) in [5.41, 5.74) is 0.129. The molecular formula is C14H18FNO5. The van der Waals surface area contributed by atoms with Gasteiger partial charge < -0.3 is 19.9 Å². The van der Waals surface area contributed by atoms with Gasteiger partial charge in [0.2, 0.25) is 0 Å². The molecule has 116 valence electrons. The molecule has 0 aromatic heterocycles. The number of ether oxygens (including phenoxy) is 2. The van der Waals surface area contributed by atoms with Crippen molar-refractivity contribution in [1.29, 1.82) is 0 Å². The van der Waals surface area contributed by atoms with E-state index in [1.54, 1.807) is 6.07 Å². The monoisotopic (exact) mass is 299 g/mol. The summed E-state index contributed by atoms with van der Waals surface area (Å²) in [4.78, 5) is 22.8. The van der Waals surface area contributed by atoms with Gasteiger partial charge in [-0.25, -0.2) is 9.18 Å². The van der Waals surface area contributed by atoms with Gasteiger partial charge in [-0.05, 0) is 18.6 Å². The Morgan fingerprint density at radius 2 is 2.14 bits per heavy atom. The van der Waals surface area contributed by atoms with Crippen LogP contribution in [-0.2, 0) is 4.79 Å². The molecule has 21 heavy (non-hydrogen) atoms. The van der Waals surface area contributed by atoms with Crippen LogP contribution in [0.4, 0.5) is 4.39 Å². The Morgan fingerprint density at radius 3 is 2.67 bits per heavy atom. The van der Waals surface area contributed by atoms with Gasteiger partial charge in [0.25, 0.3) is 5.91 Å². The van der Waals surface area contributed by atoms with E-state index in [1.807, 2.05) is 6.92 Å². The van der Waals surface area contributed by atoms with Gasteiger partial charge >= 0.3 is 5.97 Å². The first-order valence-corrected chi connectivity index (χ1v) is 6.44. The highest BCUT2D eigenvalue weighted by atomic mass is 19.1. The Labute approximate surface area is 121 Å². The predicted octanol–water partition coefficient (Wildman–Crippen LogP) is 1.64.